The minimum Gasteiger partial charge on any atom is -0.390 e. The number of amides is 2. The van der Waals surface area contributed by atoms with Gasteiger partial charge in [0.1, 0.15) is 11.5 Å². The summed E-state index contributed by atoms with van der Waals surface area (Å²) in [5.41, 5.74) is 3.14. The van der Waals surface area contributed by atoms with Crippen molar-refractivity contribution in [1.82, 2.24) is 24.7 Å². The number of likely N-dealkylation sites (tertiary alicyclic amines) is 1. The molecule has 5 rings (SSSR count). The van der Waals surface area contributed by atoms with Gasteiger partial charge in [-0.1, -0.05) is 24.3 Å². The van der Waals surface area contributed by atoms with Crippen LogP contribution in [0.1, 0.15) is 53.6 Å². The van der Waals surface area contributed by atoms with Crippen molar-refractivity contribution in [2.75, 3.05) is 32.7 Å². The molecule has 2 atom stereocenters. The van der Waals surface area contributed by atoms with E-state index in [0.717, 1.165) is 70.7 Å². The van der Waals surface area contributed by atoms with Gasteiger partial charge in [0.25, 0.3) is 5.91 Å². The lowest BCUT2D eigenvalue weighted by Crippen LogP contribution is -2.42. The Morgan fingerprint density at radius 2 is 1.86 bits per heavy atom. The van der Waals surface area contributed by atoms with Crippen LogP contribution in [0.15, 0.2) is 30.5 Å². The third-order valence-electron chi connectivity index (χ3n) is 8.09. The molecular weight excluding hydrogens is 442 g/mol. The highest BCUT2D eigenvalue weighted by atomic mass is 16.3. The second-order valence-corrected chi connectivity index (χ2v) is 10.5. The van der Waals surface area contributed by atoms with Gasteiger partial charge in [0.2, 0.25) is 5.91 Å². The second-order valence-electron chi connectivity index (χ2n) is 10.5. The first-order valence-electron chi connectivity index (χ1n) is 13.0. The lowest BCUT2D eigenvalue weighted by molar-refractivity contribution is -0.130. The predicted molar refractivity (Wildman–Crippen MR) is 133 cm³/mol. The molecule has 4 heterocycles. The third kappa shape index (κ3) is 5.59. The molecule has 1 unspecified atom stereocenters. The first-order valence-corrected chi connectivity index (χ1v) is 13.0. The highest BCUT2D eigenvalue weighted by molar-refractivity contribution is 5.92. The number of benzene rings is 1. The van der Waals surface area contributed by atoms with Crippen molar-refractivity contribution in [1.29, 1.82) is 0 Å². The fourth-order valence-electron chi connectivity index (χ4n) is 6.02. The largest absolute Gasteiger partial charge is 0.390 e. The van der Waals surface area contributed by atoms with Crippen LogP contribution in [0.3, 0.4) is 0 Å². The summed E-state index contributed by atoms with van der Waals surface area (Å²) in [5.74, 6) is 2.11. The zero-order valence-corrected chi connectivity index (χ0v) is 20.7. The van der Waals surface area contributed by atoms with Crippen LogP contribution in [0.4, 0.5) is 0 Å². The number of piperidine rings is 1. The van der Waals surface area contributed by atoms with Gasteiger partial charge < -0.3 is 19.9 Å². The number of carbonyl (C=O) groups excluding carboxylic acids is 2. The van der Waals surface area contributed by atoms with Crippen molar-refractivity contribution in [2.45, 2.75) is 58.2 Å². The molecule has 0 saturated carbocycles. The number of aryl methyl sites for hydroxylation is 1. The number of nitrogens with zero attached hydrogens (tertiary/aromatic N) is 4. The number of β-amino-alcohol motifs (C(OH)–C–C–N with tert-alkyl or cyclic N) is 1. The molecule has 1 fully saturated rings. The highest BCUT2D eigenvalue weighted by Gasteiger charge is 2.31. The molecule has 2 aromatic rings. The summed E-state index contributed by atoms with van der Waals surface area (Å²) >= 11 is 0. The molecule has 3 aliphatic heterocycles. The molecule has 0 bridgehead atoms. The summed E-state index contributed by atoms with van der Waals surface area (Å²) in [6, 6.07) is 8.46. The normalized spacial score (nSPS) is 21.8. The van der Waals surface area contributed by atoms with E-state index in [4.69, 9.17) is 0 Å². The van der Waals surface area contributed by atoms with E-state index in [1.165, 1.54) is 11.1 Å². The fourth-order valence-corrected chi connectivity index (χ4v) is 6.02. The zero-order valence-electron chi connectivity index (χ0n) is 20.7. The molecule has 1 aromatic carbocycles. The summed E-state index contributed by atoms with van der Waals surface area (Å²) in [4.78, 5) is 33.1. The van der Waals surface area contributed by atoms with Crippen molar-refractivity contribution in [3.05, 3.63) is 53.1 Å². The molecule has 0 spiro atoms. The van der Waals surface area contributed by atoms with E-state index in [1.807, 2.05) is 11.1 Å². The van der Waals surface area contributed by atoms with Crippen molar-refractivity contribution in [3.8, 4) is 0 Å². The number of aromatic nitrogens is 2. The molecule has 1 saturated heterocycles. The molecule has 2 amide bonds. The quantitative estimate of drug-likeness (QED) is 0.660. The van der Waals surface area contributed by atoms with Gasteiger partial charge in [-0.25, -0.2) is 4.98 Å². The molecule has 8 heteroatoms. The van der Waals surface area contributed by atoms with Crippen LogP contribution >= 0.6 is 0 Å². The first kappa shape index (κ1) is 24.0. The monoisotopic (exact) mass is 479 g/mol. The summed E-state index contributed by atoms with van der Waals surface area (Å²) in [6.45, 7) is 6.76. The Bertz CT molecular complexity index is 1060. The molecule has 1 aromatic heterocycles. The minimum absolute atomic E-state index is 0.172. The summed E-state index contributed by atoms with van der Waals surface area (Å²) in [6.07, 6.45) is 6.32. The average Bonchev–Trinajstić information content (AvgIpc) is 3.31. The minimum atomic E-state index is -0.619. The van der Waals surface area contributed by atoms with Crippen LogP contribution in [0, 0.1) is 11.8 Å². The topological polar surface area (TPSA) is 90.7 Å². The van der Waals surface area contributed by atoms with Crippen LogP contribution in [0.5, 0.6) is 0 Å². The van der Waals surface area contributed by atoms with Crippen LogP contribution in [-0.2, 0) is 30.7 Å². The van der Waals surface area contributed by atoms with Gasteiger partial charge in [0.15, 0.2) is 0 Å². The van der Waals surface area contributed by atoms with Crippen LogP contribution < -0.4 is 5.32 Å². The van der Waals surface area contributed by atoms with Crippen LogP contribution in [0.2, 0.25) is 0 Å². The van der Waals surface area contributed by atoms with E-state index in [1.54, 1.807) is 6.92 Å². The molecule has 0 radical (unpaired) electrons. The van der Waals surface area contributed by atoms with Crippen molar-refractivity contribution in [3.63, 3.8) is 0 Å². The molecule has 8 nitrogen and oxygen atoms in total. The van der Waals surface area contributed by atoms with E-state index in [0.29, 0.717) is 24.1 Å². The predicted octanol–water partition coefficient (Wildman–Crippen LogP) is 1.85. The maximum atomic E-state index is 12.8. The van der Waals surface area contributed by atoms with Gasteiger partial charge in [-0.15, -0.1) is 0 Å². The summed E-state index contributed by atoms with van der Waals surface area (Å²) < 4.78 is 2.14. The van der Waals surface area contributed by atoms with Gasteiger partial charge in [0.05, 0.1) is 6.10 Å². The lowest BCUT2D eigenvalue weighted by Gasteiger charge is -2.37. The average molecular weight is 480 g/mol. The van der Waals surface area contributed by atoms with Crippen LogP contribution in [-0.4, -0.2) is 75.1 Å². The maximum absolute atomic E-state index is 12.8. The Labute approximate surface area is 207 Å². The number of nitrogens with one attached hydrogen (secondary N) is 1. The van der Waals surface area contributed by atoms with Crippen molar-refractivity contribution >= 4 is 11.8 Å². The number of aliphatic hydroxyl groups excluding tert-OH is 1. The lowest BCUT2D eigenvalue weighted by atomic mass is 9.80. The van der Waals surface area contributed by atoms with Gasteiger partial charge >= 0.3 is 0 Å². The Balaban J connectivity index is 1.09. The number of aliphatic hydroxyl groups is 1. The highest BCUT2D eigenvalue weighted by Crippen LogP contribution is 2.32. The van der Waals surface area contributed by atoms with E-state index in [-0.39, 0.29) is 18.4 Å². The Hall–Kier alpha value is -2.71. The Morgan fingerprint density at radius 3 is 2.63 bits per heavy atom. The SMILES string of the molecule is CC(=O)N1CCC([C@H]2CCc3nc(C(=O)NCC(O)CN4CCc5ccccc5C4)cn3C2)CC1. The van der Waals surface area contributed by atoms with Gasteiger partial charge in [-0.05, 0) is 48.6 Å². The molecule has 35 heavy (non-hydrogen) atoms. The smallest absolute Gasteiger partial charge is 0.271 e. The third-order valence-corrected chi connectivity index (χ3v) is 8.09. The number of hydrogen-bond acceptors (Lipinski definition) is 5. The molecule has 0 aliphatic carbocycles. The van der Waals surface area contributed by atoms with Gasteiger partial charge in [0, 0.05) is 65.4 Å². The number of carbonyl (C=O) groups is 2. The van der Waals surface area contributed by atoms with E-state index in [2.05, 4.69) is 44.0 Å². The number of fused-ring (bicyclic) bond motifs is 2. The van der Waals surface area contributed by atoms with Gasteiger partial charge in [-0.3, -0.25) is 14.5 Å². The van der Waals surface area contributed by atoms with E-state index >= 15 is 0 Å². The van der Waals surface area contributed by atoms with E-state index < -0.39 is 6.10 Å². The maximum Gasteiger partial charge on any atom is 0.271 e. The number of rotatable bonds is 6. The van der Waals surface area contributed by atoms with Crippen molar-refractivity contribution in [2.24, 2.45) is 11.8 Å². The van der Waals surface area contributed by atoms with Crippen LogP contribution in [0.25, 0.3) is 0 Å². The fraction of sp³-hybridized carbons (Fsp3) is 0.593. The summed E-state index contributed by atoms with van der Waals surface area (Å²) in [5, 5.41) is 13.4. The number of imidazole rings is 1. The molecular formula is C27H37N5O3. The Morgan fingerprint density at radius 1 is 1.09 bits per heavy atom. The first-order chi connectivity index (χ1) is 17.0. The van der Waals surface area contributed by atoms with Gasteiger partial charge in [-0.2, -0.15) is 0 Å². The standard InChI is InChI=1S/C27H37N5O3/c1-19(33)31-12-9-21(10-13-31)23-6-7-26-29-25(18-32(26)16-23)27(35)28-14-24(34)17-30-11-8-20-4-2-3-5-22(20)15-30/h2-5,18,21,23-24,34H,6-17H2,1H3,(H,28,35)/t23-,24?/m0/s1. The molecule has 2 N–H and O–H groups in total. The van der Waals surface area contributed by atoms with E-state index in [9.17, 15) is 14.7 Å². The molecule has 188 valence electrons. The van der Waals surface area contributed by atoms with Crippen molar-refractivity contribution < 1.29 is 14.7 Å². The summed E-state index contributed by atoms with van der Waals surface area (Å²) in [7, 11) is 0. The molecule has 3 aliphatic rings. The Kier molecular flexibility index (Phi) is 7.20. The zero-order chi connectivity index (χ0) is 24.4. The second kappa shape index (κ2) is 10.5. The number of hydrogen-bond donors (Lipinski definition) is 2.